The van der Waals surface area contributed by atoms with E-state index in [1.807, 2.05) is 60.9 Å². The van der Waals surface area contributed by atoms with Crippen molar-refractivity contribution in [1.82, 2.24) is 9.97 Å². The van der Waals surface area contributed by atoms with Crippen molar-refractivity contribution in [3.63, 3.8) is 0 Å². The van der Waals surface area contributed by atoms with Gasteiger partial charge in [0, 0.05) is 23.5 Å². The van der Waals surface area contributed by atoms with Crippen LogP contribution < -0.4 is 0 Å². The van der Waals surface area contributed by atoms with Gasteiger partial charge in [0.1, 0.15) is 0 Å². The molecule has 4 nitrogen and oxygen atoms in total. The molecule has 0 radical (unpaired) electrons. The van der Waals surface area contributed by atoms with Gasteiger partial charge in [-0.15, -0.1) is 0 Å². The molecule has 0 spiro atoms. The summed E-state index contributed by atoms with van der Waals surface area (Å²) >= 11 is -0.211. The van der Waals surface area contributed by atoms with Crippen LogP contribution in [0, 0.1) is 13.8 Å². The minimum atomic E-state index is -0.106. The number of rotatable bonds is 10. The first-order valence-electron chi connectivity index (χ1n) is 17.6. The summed E-state index contributed by atoms with van der Waals surface area (Å²) in [7, 11) is 19.3. The van der Waals surface area contributed by atoms with Crippen molar-refractivity contribution in [1.29, 1.82) is 0 Å². The Morgan fingerprint density at radius 1 is 0.527 bits per heavy atom. The second kappa shape index (κ2) is 23.3. The van der Waals surface area contributed by atoms with E-state index >= 15 is 0 Å². The number of aromatic nitrogens is 2. The molecular weight excluding hydrogens is 951 g/mol. The van der Waals surface area contributed by atoms with E-state index in [-0.39, 0.29) is 31.9 Å². The molecule has 6 aromatic rings. The summed E-state index contributed by atoms with van der Waals surface area (Å²) in [6.07, 6.45) is 4.49. The predicted octanol–water partition coefficient (Wildman–Crippen LogP) is 14.0. The van der Waals surface area contributed by atoms with Gasteiger partial charge in [0.05, 0.1) is 34.2 Å². The third kappa shape index (κ3) is 13.0. The molecule has 0 aliphatic rings. The Morgan fingerprint density at radius 3 is 1.18 bits per heavy atom. The molecule has 2 aromatic heterocycles. The quantitative estimate of drug-likeness (QED) is 0.101. The van der Waals surface area contributed by atoms with Gasteiger partial charge in [0.25, 0.3) is 0 Å². The Morgan fingerprint density at radius 2 is 0.873 bits per heavy atom. The summed E-state index contributed by atoms with van der Waals surface area (Å²) in [6, 6.07) is 42.0. The Kier molecular flexibility index (Phi) is 18.9. The van der Waals surface area contributed by atoms with Gasteiger partial charge >= 0.3 is 70.0 Å². The van der Waals surface area contributed by atoms with E-state index in [1.54, 1.807) is 0 Å². The number of hydrogen-bond donors (Lipinski definition) is 0. The Labute approximate surface area is 359 Å². The zero-order valence-electron chi connectivity index (χ0n) is 31.5. The Hall–Kier alpha value is -3.00. The maximum absolute atomic E-state index is 5.34. The third-order valence-corrected chi connectivity index (χ3v) is 8.79. The number of halogens is 4. The summed E-state index contributed by atoms with van der Waals surface area (Å²) in [4.78, 5) is 20.0. The summed E-state index contributed by atoms with van der Waals surface area (Å²) in [6.45, 7) is 13.4. The molecule has 0 saturated carbocycles. The zero-order valence-corrected chi connectivity index (χ0v) is 37.6. The average molecular weight is 996 g/mol. The Balaban J connectivity index is 0.00000105. The van der Waals surface area contributed by atoms with E-state index in [2.05, 4.69) is 124 Å². The number of hydrogen-bond acceptors (Lipinski definition) is 4. The molecule has 10 heteroatoms. The number of aliphatic imine (C=N–C) groups is 2. The van der Waals surface area contributed by atoms with Crippen molar-refractivity contribution in [3.8, 4) is 0 Å². The van der Waals surface area contributed by atoms with Crippen LogP contribution in [0.3, 0.4) is 0 Å². The van der Waals surface area contributed by atoms with Gasteiger partial charge in [-0.05, 0) is 89.8 Å². The third-order valence-electron chi connectivity index (χ3n) is 8.79. The normalized spacial score (nSPS) is 11.6. The molecule has 0 atom stereocenters. The summed E-state index contributed by atoms with van der Waals surface area (Å²) in [5, 5.41) is 0. The topological polar surface area (TPSA) is 50.5 Å². The Bertz CT molecular complexity index is 1910. The van der Waals surface area contributed by atoms with Crippen molar-refractivity contribution in [2.24, 2.45) is 9.98 Å². The number of benzene rings is 4. The predicted molar refractivity (Wildman–Crippen MR) is 229 cm³/mol. The fourth-order valence-electron chi connectivity index (χ4n) is 6.35. The van der Waals surface area contributed by atoms with Gasteiger partial charge in [0.15, 0.2) is 0 Å². The van der Waals surface area contributed by atoms with Crippen LogP contribution in [-0.4, -0.2) is 21.4 Å². The van der Waals surface area contributed by atoms with E-state index in [1.165, 1.54) is 22.3 Å². The summed E-state index contributed by atoms with van der Waals surface area (Å²) < 4.78 is 0. The first-order valence-corrected chi connectivity index (χ1v) is 25.6. The van der Waals surface area contributed by atoms with Gasteiger partial charge in [0.2, 0.25) is 0 Å². The molecule has 4 aromatic carbocycles. The van der Waals surface area contributed by atoms with Crippen LogP contribution >= 0.6 is 38.1 Å². The molecular formula is C45H44Cl4N4Pd2. The van der Waals surface area contributed by atoms with Gasteiger partial charge < -0.3 is 0 Å². The fraction of sp³-hybridized carbons (Fsp3) is 0.200. The van der Waals surface area contributed by atoms with Gasteiger partial charge in [-0.2, -0.15) is 0 Å². The van der Waals surface area contributed by atoms with Crippen LogP contribution in [0.4, 0.5) is 11.4 Å². The fourth-order valence-corrected chi connectivity index (χ4v) is 6.35. The van der Waals surface area contributed by atoms with Gasteiger partial charge in [-0.3, -0.25) is 9.97 Å². The van der Waals surface area contributed by atoms with E-state index in [0.29, 0.717) is 11.8 Å². The van der Waals surface area contributed by atoms with Crippen molar-refractivity contribution in [2.45, 2.75) is 59.8 Å². The first-order chi connectivity index (χ1) is 26.6. The zero-order chi connectivity index (χ0) is 39.7. The van der Waals surface area contributed by atoms with Gasteiger partial charge in [-0.1, -0.05) is 125 Å². The molecule has 0 saturated heterocycles. The van der Waals surface area contributed by atoms with Crippen LogP contribution in [0.25, 0.3) is 0 Å². The average Bonchev–Trinajstić information content (AvgIpc) is 3.19. The van der Waals surface area contributed by atoms with Crippen molar-refractivity contribution < 1.29 is 31.9 Å². The van der Waals surface area contributed by atoms with E-state index in [9.17, 15) is 0 Å². The van der Waals surface area contributed by atoms with E-state index in [0.717, 1.165) is 62.9 Å². The maximum atomic E-state index is 5.34. The van der Waals surface area contributed by atoms with Crippen molar-refractivity contribution >= 4 is 60.9 Å². The van der Waals surface area contributed by atoms with Crippen LogP contribution in [0.15, 0.2) is 144 Å². The molecule has 2 heterocycles. The molecule has 0 amide bonds. The molecule has 0 N–H and O–H groups in total. The number of nitrogens with zero attached hydrogens (tertiary/aromatic N) is 4. The van der Waals surface area contributed by atoms with Gasteiger partial charge in [-0.25, -0.2) is 9.98 Å². The van der Waals surface area contributed by atoms with Crippen LogP contribution in [-0.2, 0) is 38.3 Å². The monoisotopic (exact) mass is 992 g/mol. The minimum absolute atomic E-state index is 0.106. The molecule has 55 heavy (non-hydrogen) atoms. The van der Waals surface area contributed by atoms with Crippen molar-refractivity contribution in [2.75, 3.05) is 0 Å². The molecule has 292 valence electrons. The van der Waals surface area contributed by atoms with Crippen LogP contribution in [0.1, 0.15) is 95.4 Å². The van der Waals surface area contributed by atoms with E-state index < -0.39 is 0 Å². The van der Waals surface area contributed by atoms with Crippen LogP contribution in [0.5, 0.6) is 0 Å². The first kappa shape index (κ1) is 44.7. The molecule has 0 unspecified atom stereocenters. The molecule has 0 fully saturated rings. The molecule has 0 bridgehead atoms. The second-order valence-electron chi connectivity index (χ2n) is 13.4. The number of aryl methyl sites for hydroxylation is 2. The summed E-state index contributed by atoms with van der Waals surface area (Å²) in [5.41, 5.74) is 15.0. The molecule has 0 aliphatic heterocycles. The summed E-state index contributed by atoms with van der Waals surface area (Å²) in [5.74, 6) is 0.594. The molecule has 0 aliphatic carbocycles. The second-order valence-corrected chi connectivity index (χ2v) is 18.1. The molecule has 6 rings (SSSR count). The van der Waals surface area contributed by atoms with Crippen molar-refractivity contribution in [3.05, 3.63) is 190 Å². The number of pyridine rings is 2. The van der Waals surface area contributed by atoms with Crippen LogP contribution in [0.2, 0.25) is 0 Å². The standard InChI is InChI=1S/C45H44N4.4ClH.2Pd/c1-30(2)38-28-34(25-32(5)42(38)48-44(36-17-9-7-10-18-36)40-21-13-15-23-46-40)27-35-26-33(6)43(39(29-35)31(3)4)49-45(37-19-11-8-12-20-37)41-22-14-16-24-47-41;;;;;;/h7-26,28-31H,27H2,1-6H3;4*1H;;/q;;;;;2*+2/p-4. The van der Waals surface area contributed by atoms with E-state index in [4.69, 9.17) is 48.1 Å². The SMILES string of the molecule is Cc1cc(Cc2cc(C)c(N=C(c3ccccc3)c3ccccn3)c(C(C)C)c2)cc(C(C)C)c1N=C(c1ccccc1)c1ccccn1.[Cl][Pd][Cl].[Cl][Pd][Cl].